The third kappa shape index (κ3) is 3.13. The summed E-state index contributed by atoms with van der Waals surface area (Å²) in [6, 6.07) is 16.2. The number of carbonyl (C=O) groups is 1. The average Bonchev–Trinajstić information content (AvgIpc) is 3.02. The van der Waals surface area contributed by atoms with Crippen molar-refractivity contribution >= 4 is 29.2 Å². The van der Waals surface area contributed by atoms with Gasteiger partial charge >= 0.3 is 0 Å². The maximum Gasteiger partial charge on any atom is 0.250 e. The highest BCUT2D eigenvalue weighted by atomic mass is 35.5. The van der Waals surface area contributed by atoms with Crippen LogP contribution in [0, 0.1) is 0 Å². The number of carbonyl (C=O) groups excluding carboxylic acids is 1. The Morgan fingerprint density at radius 3 is 2.48 bits per heavy atom. The van der Waals surface area contributed by atoms with Gasteiger partial charge in [0.2, 0.25) is 0 Å². The lowest BCUT2D eigenvalue weighted by atomic mass is 10.0. The van der Waals surface area contributed by atoms with E-state index >= 15 is 0 Å². The Hall–Kier alpha value is -2.37. The molecule has 2 aromatic carbocycles. The Labute approximate surface area is 152 Å². The summed E-state index contributed by atoms with van der Waals surface area (Å²) in [7, 11) is 0. The van der Waals surface area contributed by atoms with Crippen molar-refractivity contribution in [2.24, 2.45) is 5.73 Å². The predicted octanol–water partition coefficient (Wildman–Crippen LogP) is 3.15. The second-order valence-corrected chi connectivity index (χ2v) is 6.21. The van der Waals surface area contributed by atoms with E-state index in [9.17, 15) is 4.79 Å². The van der Waals surface area contributed by atoms with E-state index in [4.69, 9.17) is 10.8 Å². The number of fused-ring (bicyclic) bond motifs is 1. The zero-order valence-electron chi connectivity index (χ0n) is 13.8. The van der Waals surface area contributed by atoms with Crippen LogP contribution in [0.4, 0.5) is 0 Å². The molecule has 0 atom stereocenters. The van der Waals surface area contributed by atoms with E-state index in [-0.39, 0.29) is 12.4 Å². The van der Waals surface area contributed by atoms with Crippen molar-refractivity contribution < 1.29 is 4.79 Å². The van der Waals surface area contributed by atoms with Crippen molar-refractivity contribution in [2.75, 3.05) is 13.1 Å². The Balaban J connectivity index is 0.00000182. The highest BCUT2D eigenvalue weighted by Crippen LogP contribution is 2.34. The first-order valence-electron chi connectivity index (χ1n) is 8.33. The van der Waals surface area contributed by atoms with Gasteiger partial charge in [-0.3, -0.25) is 9.48 Å². The average molecular weight is 357 g/mol. The van der Waals surface area contributed by atoms with E-state index in [0.29, 0.717) is 17.1 Å². The van der Waals surface area contributed by atoms with Crippen molar-refractivity contribution in [1.29, 1.82) is 0 Å². The number of nitrogens with one attached hydrogen (secondary N) is 1. The molecule has 0 spiro atoms. The minimum absolute atomic E-state index is 0. The third-order valence-corrected chi connectivity index (χ3v) is 4.70. The molecule has 1 amide bonds. The molecule has 0 saturated carbocycles. The van der Waals surface area contributed by atoms with Crippen molar-refractivity contribution in [3.05, 3.63) is 54.1 Å². The van der Waals surface area contributed by atoms with Gasteiger partial charge in [0.05, 0.1) is 17.3 Å². The first kappa shape index (κ1) is 17.5. The lowest BCUT2D eigenvalue weighted by molar-refractivity contribution is 0.100. The number of hydrogen-bond acceptors (Lipinski definition) is 3. The van der Waals surface area contributed by atoms with Crippen LogP contribution in [0.25, 0.3) is 22.2 Å². The molecular weight excluding hydrogens is 336 g/mol. The normalized spacial score (nSPS) is 15.0. The van der Waals surface area contributed by atoms with Gasteiger partial charge < -0.3 is 11.1 Å². The molecule has 3 N–H and O–H groups in total. The number of piperidine rings is 1. The lowest BCUT2D eigenvalue weighted by Crippen LogP contribution is -2.30. The lowest BCUT2D eigenvalue weighted by Gasteiger charge is -2.25. The number of rotatable bonds is 3. The molecule has 0 aliphatic carbocycles. The summed E-state index contributed by atoms with van der Waals surface area (Å²) >= 11 is 0. The quantitative estimate of drug-likeness (QED) is 0.757. The van der Waals surface area contributed by atoms with Crippen molar-refractivity contribution in [2.45, 2.75) is 18.9 Å². The Bertz CT molecular complexity index is 885. The summed E-state index contributed by atoms with van der Waals surface area (Å²) in [5, 5.41) is 9.20. The van der Waals surface area contributed by atoms with Gasteiger partial charge in [-0.15, -0.1) is 12.4 Å². The van der Waals surface area contributed by atoms with E-state index in [1.165, 1.54) is 0 Å². The monoisotopic (exact) mass is 356 g/mol. The van der Waals surface area contributed by atoms with Crippen molar-refractivity contribution in [3.63, 3.8) is 0 Å². The fourth-order valence-corrected chi connectivity index (χ4v) is 3.52. The standard InChI is InChI=1S/C19H20N4O.ClH/c20-19(24)16-8-4-7-15-17(16)22-23(14-9-11-21-12-10-14)18(15)13-5-2-1-3-6-13;/h1-8,14,21H,9-12H2,(H2,20,24);1H. The molecule has 2 heterocycles. The molecule has 6 heteroatoms. The summed E-state index contributed by atoms with van der Waals surface area (Å²) in [6.45, 7) is 1.97. The number of amides is 1. The first-order valence-corrected chi connectivity index (χ1v) is 8.33. The summed E-state index contributed by atoms with van der Waals surface area (Å²) < 4.78 is 2.10. The van der Waals surface area contributed by atoms with E-state index in [1.54, 1.807) is 6.07 Å². The largest absolute Gasteiger partial charge is 0.366 e. The summed E-state index contributed by atoms with van der Waals surface area (Å²) in [4.78, 5) is 11.8. The minimum atomic E-state index is -0.435. The molecular formula is C19H21ClN4O. The molecule has 1 aliphatic heterocycles. The molecule has 5 nitrogen and oxygen atoms in total. The van der Waals surface area contributed by atoms with Crippen LogP contribution in [0.5, 0.6) is 0 Å². The fraction of sp³-hybridized carbons (Fsp3) is 0.263. The smallest absolute Gasteiger partial charge is 0.250 e. The van der Waals surface area contributed by atoms with E-state index in [1.807, 2.05) is 30.3 Å². The Morgan fingerprint density at radius 2 is 1.80 bits per heavy atom. The molecule has 0 radical (unpaired) electrons. The summed E-state index contributed by atoms with van der Waals surface area (Å²) in [5.74, 6) is -0.435. The predicted molar refractivity (Wildman–Crippen MR) is 102 cm³/mol. The van der Waals surface area contributed by atoms with Crippen molar-refractivity contribution in [3.8, 4) is 11.3 Å². The van der Waals surface area contributed by atoms with Gasteiger partial charge in [0.25, 0.3) is 5.91 Å². The molecule has 0 unspecified atom stereocenters. The number of halogens is 1. The Kier molecular flexibility index (Phi) is 5.06. The second kappa shape index (κ2) is 7.25. The zero-order valence-corrected chi connectivity index (χ0v) is 14.6. The number of nitrogens with zero attached hydrogens (tertiary/aromatic N) is 2. The number of hydrogen-bond donors (Lipinski definition) is 2. The minimum Gasteiger partial charge on any atom is -0.366 e. The van der Waals surface area contributed by atoms with Gasteiger partial charge in [0, 0.05) is 10.9 Å². The van der Waals surface area contributed by atoms with E-state index < -0.39 is 5.91 Å². The van der Waals surface area contributed by atoms with Crippen molar-refractivity contribution in [1.82, 2.24) is 15.1 Å². The Morgan fingerprint density at radius 1 is 1.08 bits per heavy atom. The number of primary amides is 1. The van der Waals surface area contributed by atoms with Gasteiger partial charge in [0.1, 0.15) is 5.52 Å². The number of benzene rings is 2. The molecule has 3 aromatic rings. The van der Waals surface area contributed by atoms with Crippen LogP contribution in [-0.2, 0) is 0 Å². The van der Waals surface area contributed by atoms with Crippen LogP contribution < -0.4 is 11.1 Å². The molecule has 130 valence electrons. The molecule has 25 heavy (non-hydrogen) atoms. The second-order valence-electron chi connectivity index (χ2n) is 6.21. The van der Waals surface area contributed by atoms with Crippen LogP contribution >= 0.6 is 12.4 Å². The zero-order chi connectivity index (χ0) is 16.5. The molecule has 1 aliphatic rings. The fourth-order valence-electron chi connectivity index (χ4n) is 3.52. The number of aromatic nitrogens is 2. The third-order valence-electron chi connectivity index (χ3n) is 4.70. The van der Waals surface area contributed by atoms with Crippen LogP contribution in [0.1, 0.15) is 29.2 Å². The summed E-state index contributed by atoms with van der Waals surface area (Å²) in [5.41, 5.74) is 8.92. The van der Waals surface area contributed by atoms with Gasteiger partial charge in [-0.2, -0.15) is 5.10 Å². The van der Waals surface area contributed by atoms with E-state index in [2.05, 4.69) is 22.1 Å². The highest BCUT2D eigenvalue weighted by Gasteiger charge is 2.23. The first-order chi connectivity index (χ1) is 11.8. The molecule has 0 bridgehead atoms. The molecule has 1 saturated heterocycles. The highest BCUT2D eigenvalue weighted by molar-refractivity contribution is 6.08. The maximum atomic E-state index is 11.8. The van der Waals surface area contributed by atoms with E-state index in [0.717, 1.165) is 42.6 Å². The molecule has 1 aromatic heterocycles. The van der Waals surface area contributed by atoms with Crippen LogP contribution in [0.2, 0.25) is 0 Å². The van der Waals surface area contributed by atoms with Crippen LogP contribution in [0.3, 0.4) is 0 Å². The van der Waals surface area contributed by atoms with Gasteiger partial charge in [-0.1, -0.05) is 42.5 Å². The van der Waals surface area contributed by atoms with Gasteiger partial charge in [0.15, 0.2) is 0 Å². The van der Waals surface area contributed by atoms with Gasteiger partial charge in [-0.25, -0.2) is 0 Å². The topological polar surface area (TPSA) is 72.9 Å². The maximum absolute atomic E-state index is 11.8. The van der Waals surface area contributed by atoms with Crippen LogP contribution in [-0.4, -0.2) is 28.8 Å². The van der Waals surface area contributed by atoms with Gasteiger partial charge in [-0.05, 0) is 32.0 Å². The summed E-state index contributed by atoms with van der Waals surface area (Å²) in [6.07, 6.45) is 2.06. The van der Waals surface area contributed by atoms with Crippen LogP contribution in [0.15, 0.2) is 48.5 Å². The SMILES string of the molecule is Cl.NC(=O)c1cccc2c(-c3ccccc3)n(C3CCNCC3)nc12. The number of nitrogens with two attached hydrogens (primary N) is 1. The molecule has 1 fully saturated rings. The molecule has 4 rings (SSSR count).